The second-order valence-electron chi connectivity index (χ2n) is 5.50. The van der Waals surface area contributed by atoms with Crippen LogP contribution < -0.4 is 4.72 Å². The third-order valence-corrected chi connectivity index (χ3v) is 4.54. The fraction of sp³-hybridized carbons (Fsp3) is 0.500. The van der Waals surface area contributed by atoms with Crippen molar-refractivity contribution in [3.05, 3.63) is 28.0 Å². The molecule has 0 saturated carbocycles. The van der Waals surface area contributed by atoms with E-state index in [1.165, 1.54) is 12.1 Å². The molecule has 0 aliphatic rings. The zero-order valence-corrected chi connectivity index (χ0v) is 13.2. The number of hydrogen-bond acceptors (Lipinski definition) is 2. The van der Waals surface area contributed by atoms with Crippen LogP contribution in [0.5, 0.6) is 0 Å². The molecule has 0 aromatic heterocycles. The van der Waals surface area contributed by atoms with Gasteiger partial charge >= 0.3 is 0 Å². The van der Waals surface area contributed by atoms with Crippen LogP contribution in [0, 0.1) is 18.2 Å². The largest absolute Gasteiger partial charge is 0.283 e. The van der Waals surface area contributed by atoms with E-state index in [1.54, 1.807) is 6.92 Å². The van der Waals surface area contributed by atoms with Gasteiger partial charge < -0.3 is 0 Å². The highest BCUT2D eigenvalue weighted by Crippen LogP contribution is 2.26. The molecule has 0 saturated heterocycles. The standard InChI is InChI=1S/C12H17BrFNO2S/c1-8-5-10(14)9(13)6-11(8)15-18(16,17)7-12(2,3)4/h5-6,15H,7H2,1-4H3. The van der Waals surface area contributed by atoms with Gasteiger partial charge in [0.1, 0.15) is 5.82 Å². The lowest BCUT2D eigenvalue weighted by Crippen LogP contribution is -2.26. The Bertz CT molecular complexity index is 550. The first kappa shape index (κ1) is 15.4. The third-order valence-electron chi connectivity index (χ3n) is 2.16. The molecule has 0 heterocycles. The molecule has 0 spiro atoms. The Morgan fingerprint density at radius 1 is 1.33 bits per heavy atom. The summed E-state index contributed by atoms with van der Waals surface area (Å²) in [6.45, 7) is 7.20. The van der Waals surface area contributed by atoms with Gasteiger partial charge in [-0.25, -0.2) is 12.8 Å². The minimum atomic E-state index is -3.44. The fourth-order valence-electron chi connectivity index (χ4n) is 1.53. The van der Waals surface area contributed by atoms with E-state index in [0.717, 1.165) is 0 Å². The van der Waals surface area contributed by atoms with Crippen molar-refractivity contribution < 1.29 is 12.8 Å². The number of rotatable bonds is 3. The average Bonchev–Trinajstić information content (AvgIpc) is 2.09. The van der Waals surface area contributed by atoms with Crippen LogP contribution in [0.1, 0.15) is 26.3 Å². The molecule has 0 aliphatic heterocycles. The summed E-state index contributed by atoms with van der Waals surface area (Å²) in [7, 11) is -3.44. The summed E-state index contributed by atoms with van der Waals surface area (Å²) in [6, 6.07) is 2.73. The van der Waals surface area contributed by atoms with Crippen molar-refractivity contribution in [3.8, 4) is 0 Å². The quantitative estimate of drug-likeness (QED) is 0.914. The van der Waals surface area contributed by atoms with Gasteiger partial charge in [-0.1, -0.05) is 20.8 Å². The minimum absolute atomic E-state index is 0.00837. The Morgan fingerprint density at radius 2 is 1.89 bits per heavy atom. The molecule has 3 nitrogen and oxygen atoms in total. The summed E-state index contributed by atoms with van der Waals surface area (Å²) < 4.78 is 39.9. The van der Waals surface area contributed by atoms with Crippen LogP contribution >= 0.6 is 15.9 Å². The van der Waals surface area contributed by atoms with Gasteiger partial charge in [-0.05, 0) is 46.0 Å². The number of benzene rings is 1. The van der Waals surface area contributed by atoms with Crippen LogP contribution in [0.4, 0.5) is 10.1 Å². The molecule has 0 radical (unpaired) electrons. The van der Waals surface area contributed by atoms with Crippen molar-refractivity contribution in [2.24, 2.45) is 5.41 Å². The number of anilines is 1. The highest BCUT2D eigenvalue weighted by Gasteiger charge is 2.22. The maximum absolute atomic E-state index is 13.2. The smallest absolute Gasteiger partial charge is 0.233 e. The molecule has 1 aromatic rings. The zero-order chi connectivity index (χ0) is 14.1. The van der Waals surface area contributed by atoms with E-state index in [4.69, 9.17) is 0 Å². The summed E-state index contributed by atoms with van der Waals surface area (Å²) in [5.74, 6) is -0.402. The van der Waals surface area contributed by atoms with E-state index in [9.17, 15) is 12.8 Å². The molecular formula is C12H17BrFNO2S. The van der Waals surface area contributed by atoms with Crippen molar-refractivity contribution in [1.82, 2.24) is 0 Å². The van der Waals surface area contributed by atoms with Gasteiger partial charge in [-0.15, -0.1) is 0 Å². The van der Waals surface area contributed by atoms with Crippen molar-refractivity contribution in [3.63, 3.8) is 0 Å². The van der Waals surface area contributed by atoms with Crippen molar-refractivity contribution in [2.45, 2.75) is 27.7 Å². The van der Waals surface area contributed by atoms with Gasteiger partial charge in [-0.3, -0.25) is 4.72 Å². The Kier molecular flexibility index (Phi) is 4.43. The molecule has 0 aliphatic carbocycles. The van der Waals surface area contributed by atoms with Gasteiger partial charge in [0.15, 0.2) is 0 Å². The molecule has 6 heteroatoms. The third kappa shape index (κ3) is 4.57. The summed E-state index contributed by atoms with van der Waals surface area (Å²) in [6.07, 6.45) is 0. The maximum Gasteiger partial charge on any atom is 0.233 e. The second-order valence-corrected chi connectivity index (χ2v) is 8.08. The van der Waals surface area contributed by atoms with E-state index < -0.39 is 15.8 Å². The first-order valence-corrected chi connectivity index (χ1v) is 7.91. The Labute approximate surface area is 116 Å². The predicted octanol–water partition coefficient (Wildman–Crippen LogP) is 3.68. The maximum atomic E-state index is 13.2. The molecule has 1 rings (SSSR count). The Balaban J connectivity index is 3.02. The molecular weight excluding hydrogens is 321 g/mol. The lowest BCUT2D eigenvalue weighted by Gasteiger charge is -2.19. The van der Waals surface area contributed by atoms with Gasteiger partial charge in [0, 0.05) is 0 Å². The first-order valence-electron chi connectivity index (χ1n) is 5.46. The molecule has 0 bridgehead atoms. The number of sulfonamides is 1. The topological polar surface area (TPSA) is 46.2 Å². The minimum Gasteiger partial charge on any atom is -0.283 e. The normalized spacial score (nSPS) is 12.6. The molecule has 0 amide bonds. The Morgan fingerprint density at radius 3 is 2.39 bits per heavy atom. The van der Waals surface area contributed by atoms with Crippen LogP contribution in [0.2, 0.25) is 0 Å². The summed E-state index contributed by atoms with van der Waals surface area (Å²) in [5, 5.41) is 0. The van der Waals surface area contributed by atoms with Crippen LogP contribution in [-0.2, 0) is 10.0 Å². The van der Waals surface area contributed by atoms with Crippen LogP contribution in [0.15, 0.2) is 16.6 Å². The summed E-state index contributed by atoms with van der Waals surface area (Å²) >= 11 is 3.04. The highest BCUT2D eigenvalue weighted by atomic mass is 79.9. The molecule has 18 heavy (non-hydrogen) atoms. The van der Waals surface area contributed by atoms with Crippen LogP contribution in [0.3, 0.4) is 0 Å². The van der Waals surface area contributed by atoms with Gasteiger partial charge in [-0.2, -0.15) is 0 Å². The molecule has 102 valence electrons. The number of halogens is 2. The lowest BCUT2D eigenvalue weighted by molar-refractivity contribution is 0.463. The SMILES string of the molecule is Cc1cc(F)c(Br)cc1NS(=O)(=O)CC(C)(C)C. The van der Waals surface area contributed by atoms with Gasteiger partial charge in [0.2, 0.25) is 10.0 Å². The van der Waals surface area contributed by atoms with Gasteiger partial charge in [0.25, 0.3) is 0 Å². The van der Waals surface area contributed by atoms with Crippen molar-refractivity contribution in [1.29, 1.82) is 0 Å². The van der Waals surface area contributed by atoms with E-state index in [0.29, 0.717) is 11.3 Å². The van der Waals surface area contributed by atoms with Crippen LogP contribution in [0.25, 0.3) is 0 Å². The first-order chi connectivity index (χ1) is 8.00. The Hall–Kier alpha value is -0.620. The molecule has 1 aromatic carbocycles. The fourth-order valence-corrected chi connectivity index (χ4v) is 3.64. The molecule has 0 fully saturated rings. The van der Waals surface area contributed by atoms with Gasteiger partial charge in [0.05, 0.1) is 15.9 Å². The monoisotopic (exact) mass is 337 g/mol. The molecule has 1 N–H and O–H groups in total. The zero-order valence-electron chi connectivity index (χ0n) is 10.8. The molecule has 0 atom stereocenters. The highest BCUT2D eigenvalue weighted by molar-refractivity contribution is 9.10. The van der Waals surface area contributed by atoms with E-state index in [-0.39, 0.29) is 15.6 Å². The average molecular weight is 338 g/mol. The van der Waals surface area contributed by atoms with E-state index >= 15 is 0 Å². The van der Waals surface area contributed by atoms with E-state index in [2.05, 4.69) is 20.7 Å². The number of aryl methyl sites for hydroxylation is 1. The van der Waals surface area contributed by atoms with E-state index in [1.807, 2.05) is 20.8 Å². The lowest BCUT2D eigenvalue weighted by atomic mass is 10.0. The summed E-state index contributed by atoms with van der Waals surface area (Å²) in [4.78, 5) is 0. The van der Waals surface area contributed by atoms with Crippen molar-refractivity contribution >= 4 is 31.6 Å². The molecule has 0 unspecified atom stereocenters. The number of hydrogen-bond donors (Lipinski definition) is 1. The second kappa shape index (κ2) is 5.17. The summed E-state index contributed by atoms with van der Waals surface area (Å²) in [5.41, 5.74) is 0.609. The van der Waals surface area contributed by atoms with Crippen LogP contribution in [-0.4, -0.2) is 14.2 Å². The van der Waals surface area contributed by atoms with Crippen molar-refractivity contribution in [2.75, 3.05) is 10.5 Å². The number of nitrogens with one attached hydrogen (secondary N) is 1. The predicted molar refractivity (Wildman–Crippen MR) is 75.7 cm³/mol.